The van der Waals surface area contributed by atoms with Gasteiger partial charge in [0.25, 0.3) is 0 Å². The van der Waals surface area contributed by atoms with Crippen molar-refractivity contribution in [3.05, 3.63) is 41.0 Å². The summed E-state index contributed by atoms with van der Waals surface area (Å²) in [5.74, 6) is -1.53. The number of hydrogen-bond acceptors (Lipinski definition) is 3. The van der Waals surface area contributed by atoms with Gasteiger partial charge in [-0.05, 0) is 30.5 Å². The number of carbonyl (C=O) groups is 1. The van der Waals surface area contributed by atoms with E-state index in [0.717, 1.165) is 17.7 Å². The molecule has 2 aliphatic rings. The molecule has 5 nitrogen and oxygen atoms in total. The molecule has 0 aliphatic carbocycles. The molecule has 0 N–H and O–H groups in total. The molecule has 0 radical (unpaired) electrons. The molecule has 0 bridgehead atoms. The molecule has 2 heterocycles. The Bertz CT molecular complexity index is 805. The van der Waals surface area contributed by atoms with E-state index in [0.29, 0.717) is 39.0 Å². The number of nitrogens with zero attached hydrogens (tertiary/aromatic N) is 4. The van der Waals surface area contributed by atoms with E-state index in [2.05, 4.69) is 6.07 Å². The van der Waals surface area contributed by atoms with Crippen LogP contribution in [0.15, 0.2) is 23.8 Å². The third kappa shape index (κ3) is 3.32. The van der Waals surface area contributed by atoms with Crippen LogP contribution in [0.5, 0.6) is 0 Å². The summed E-state index contributed by atoms with van der Waals surface area (Å²) >= 11 is 0. The topological polar surface area (TPSA) is 71.1 Å². The van der Waals surface area contributed by atoms with Crippen LogP contribution >= 0.6 is 0 Å². The fourth-order valence-corrected chi connectivity index (χ4v) is 3.16. The number of halogens is 2. The number of likely N-dealkylation sites (tertiary alicyclic amines) is 2. The van der Waals surface area contributed by atoms with Gasteiger partial charge in [-0.3, -0.25) is 0 Å². The van der Waals surface area contributed by atoms with E-state index in [9.17, 15) is 18.8 Å². The van der Waals surface area contributed by atoms with Gasteiger partial charge in [0.1, 0.15) is 11.6 Å². The lowest BCUT2D eigenvalue weighted by molar-refractivity contribution is 0.106. The molecule has 0 atom stereocenters. The zero-order valence-corrected chi connectivity index (χ0v) is 13.5. The molecule has 1 aromatic rings. The van der Waals surface area contributed by atoms with Crippen LogP contribution in [0.2, 0.25) is 0 Å². The molecule has 2 fully saturated rings. The van der Waals surface area contributed by atoms with Crippen molar-refractivity contribution in [2.45, 2.75) is 12.8 Å². The van der Waals surface area contributed by atoms with Gasteiger partial charge in [-0.25, -0.2) is 13.6 Å². The molecule has 1 aromatic carbocycles. The Kier molecular flexibility index (Phi) is 4.67. The van der Waals surface area contributed by atoms with E-state index >= 15 is 0 Å². The van der Waals surface area contributed by atoms with Gasteiger partial charge in [0, 0.05) is 37.8 Å². The van der Waals surface area contributed by atoms with Gasteiger partial charge in [0.05, 0.1) is 23.6 Å². The number of nitriles is 2. The van der Waals surface area contributed by atoms with Gasteiger partial charge in [-0.1, -0.05) is 0 Å². The number of amides is 2. The highest BCUT2D eigenvalue weighted by molar-refractivity contribution is 5.80. The molecule has 7 heteroatoms. The predicted molar refractivity (Wildman–Crippen MR) is 85.8 cm³/mol. The molecule has 0 unspecified atom stereocenters. The van der Waals surface area contributed by atoms with Crippen LogP contribution in [-0.2, 0) is 0 Å². The molecule has 2 aliphatic heterocycles. The Hall–Kier alpha value is -2.93. The average molecular weight is 342 g/mol. The summed E-state index contributed by atoms with van der Waals surface area (Å²) in [4.78, 5) is 15.6. The summed E-state index contributed by atoms with van der Waals surface area (Å²) in [5, 5.41) is 18.2. The number of allylic oxidation sites excluding steroid dienone is 1. The molecular weight excluding hydrogens is 326 g/mol. The van der Waals surface area contributed by atoms with Gasteiger partial charge >= 0.3 is 6.03 Å². The zero-order chi connectivity index (χ0) is 18.0. The van der Waals surface area contributed by atoms with Crippen molar-refractivity contribution in [1.82, 2.24) is 9.80 Å². The molecule has 0 saturated carbocycles. The van der Waals surface area contributed by atoms with Gasteiger partial charge in [-0.15, -0.1) is 0 Å². The smallest absolute Gasteiger partial charge is 0.320 e. The minimum absolute atomic E-state index is 0.0872. The second-order valence-electron chi connectivity index (χ2n) is 6.22. The van der Waals surface area contributed by atoms with E-state index in [1.807, 2.05) is 6.07 Å². The summed E-state index contributed by atoms with van der Waals surface area (Å²) in [5.41, 5.74) is 1.09. The second kappa shape index (κ2) is 6.90. The van der Waals surface area contributed by atoms with Crippen molar-refractivity contribution in [3.8, 4) is 12.1 Å². The molecule has 2 saturated heterocycles. The molecular formula is C18H16F2N4O. The molecule has 0 spiro atoms. The second-order valence-corrected chi connectivity index (χ2v) is 6.22. The highest BCUT2D eigenvalue weighted by Gasteiger charge is 2.34. The first-order valence-electron chi connectivity index (χ1n) is 8.04. The lowest BCUT2D eigenvalue weighted by Crippen LogP contribution is -2.55. The van der Waals surface area contributed by atoms with Crippen LogP contribution in [-0.4, -0.2) is 42.0 Å². The molecule has 25 heavy (non-hydrogen) atoms. The van der Waals surface area contributed by atoms with Crippen molar-refractivity contribution >= 4 is 11.6 Å². The van der Waals surface area contributed by atoms with Gasteiger partial charge in [-0.2, -0.15) is 10.5 Å². The summed E-state index contributed by atoms with van der Waals surface area (Å²) in [6.07, 6.45) is 0.946. The zero-order valence-electron chi connectivity index (χ0n) is 13.5. The number of benzene rings is 1. The molecule has 128 valence electrons. The summed E-state index contributed by atoms with van der Waals surface area (Å²) in [6, 6.07) is 7.21. The molecule has 2 amide bonds. The Balaban J connectivity index is 1.70. The number of hydrogen-bond donors (Lipinski definition) is 0. The standard InChI is InChI=1S/C18H16F2N4O/c19-14-1-2-15(17(20)7-14)16(9-22)13-3-5-23(6-4-13)18(25)24-10-12(8-21)11-24/h1-2,7,12H,3-6,10-11H2. The maximum Gasteiger partial charge on any atom is 0.320 e. The van der Waals surface area contributed by atoms with E-state index in [1.165, 1.54) is 6.07 Å². The maximum absolute atomic E-state index is 14.0. The number of carbonyl (C=O) groups excluding carboxylic acids is 1. The third-order valence-corrected chi connectivity index (χ3v) is 4.64. The lowest BCUT2D eigenvalue weighted by Gasteiger charge is -2.40. The normalized spacial score (nSPS) is 17.5. The number of rotatable bonds is 1. The maximum atomic E-state index is 14.0. The number of piperidine rings is 1. The minimum atomic E-state index is -0.759. The fourth-order valence-electron chi connectivity index (χ4n) is 3.16. The van der Waals surface area contributed by atoms with Gasteiger partial charge < -0.3 is 9.80 Å². The van der Waals surface area contributed by atoms with E-state index in [4.69, 9.17) is 5.26 Å². The van der Waals surface area contributed by atoms with E-state index in [1.54, 1.807) is 9.80 Å². The Morgan fingerprint density at radius 1 is 1.12 bits per heavy atom. The van der Waals surface area contributed by atoms with Crippen molar-refractivity contribution in [1.29, 1.82) is 10.5 Å². The number of urea groups is 1. The van der Waals surface area contributed by atoms with E-state index in [-0.39, 0.29) is 23.1 Å². The highest BCUT2D eigenvalue weighted by atomic mass is 19.1. The highest BCUT2D eigenvalue weighted by Crippen LogP contribution is 2.29. The average Bonchev–Trinajstić information content (AvgIpc) is 2.57. The Morgan fingerprint density at radius 3 is 2.36 bits per heavy atom. The predicted octanol–water partition coefficient (Wildman–Crippen LogP) is 2.91. The first-order valence-corrected chi connectivity index (χ1v) is 8.04. The van der Waals surface area contributed by atoms with Crippen LogP contribution in [0, 0.1) is 40.2 Å². The lowest BCUT2D eigenvalue weighted by atomic mass is 9.93. The Morgan fingerprint density at radius 2 is 1.80 bits per heavy atom. The van der Waals surface area contributed by atoms with Crippen molar-refractivity contribution in [3.63, 3.8) is 0 Å². The Labute approximate surface area is 144 Å². The van der Waals surface area contributed by atoms with Crippen LogP contribution in [0.3, 0.4) is 0 Å². The van der Waals surface area contributed by atoms with Crippen LogP contribution in [0.1, 0.15) is 18.4 Å². The summed E-state index contributed by atoms with van der Waals surface area (Å²) in [6.45, 7) is 1.79. The monoisotopic (exact) mass is 342 g/mol. The summed E-state index contributed by atoms with van der Waals surface area (Å²) < 4.78 is 27.0. The van der Waals surface area contributed by atoms with Crippen LogP contribution in [0.25, 0.3) is 5.57 Å². The molecule has 0 aromatic heterocycles. The van der Waals surface area contributed by atoms with Crippen molar-refractivity contribution in [2.24, 2.45) is 5.92 Å². The molecule has 3 rings (SSSR count). The third-order valence-electron chi connectivity index (χ3n) is 4.64. The first kappa shape index (κ1) is 16.9. The van der Waals surface area contributed by atoms with Gasteiger partial charge in [0.15, 0.2) is 0 Å². The fraction of sp³-hybridized carbons (Fsp3) is 0.389. The largest absolute Gasteiger partial charge is 0.324 e. The minimum Gasteiger partial charge on any atom is -0.324 e. The quantitative estimate of drug-likeness (QED) is 0.737. The first-order chi connectivity index (χ1) is 12.0. The summed E-state index contributed by atoms with van der Waals surface area (Å²) in [7, 11) is 0. The van der Waals surface area contributed by atoms with Crippen LogP contribution in [0.4, 0.5) is 13.6 Å². The SMILES string of the molecule is N#CC(=C1CCN(C(=O)N2CC(C#N)C2)CC1)c1ccc(F)cc1F. The van der Waals surface area contributed by atoms with Crippen molar-refractivity contribution < 1.29 is 13.6 Å². The van der Waals surface area contributed by atoms with Crippen LogP contribution < -0.4 is 0 Å². The van der Waals surface area contributed by atoms with E-state index < -0.39 is 11.6 Å². The van der Waals surface area contributed by atoms with Crippen molar-refractivity contribution in [2.75, 3.05) is 26.2 Å². The van der Waals surface area contributed by atoms with Gasteiger partial charge in [0.2, 0.25) is 0 Å².